The second-order valence-corrected chi connectivity index (χ2v) is 8.30. The van der Waals surface area contributed by atoms with Crippen LogP contribution in [-0.2, 0) is 9.53 Å². The van der Waals surface area contributed by atoms with E-state index in [9.17, 15) is 4.79 Å². The van der Waals surface area contributed by atoms with E-state index in [0.717, 1.165) is 50.9 Å². The number of fused-ring (bicyclic) bond motifs is 1. The van der Waals surface area contributed by atoms with Gasteiger partial charge in [-0.2, -0.15) is 0 Å². The average Bonchev–Trinajstić information content (AvgIpc) is 2.73. The molecule has 0 aliphatic carbocycles. The van der Waals surface area contributed by atoms with Gasteiger partial charge in [0, 0.05) is 57.3 Å². The summed E-state index contributed by atoms with van der Waals surface area (Å²) >= 11 is 0. The Kier molecular flexibility index (Phi) is 7.89. The number of guanidine groups is 1. The molecule has 2 aliphatic heterocycles. The number of nitrogens with zero attached hydrogens (tertiary/aromatic N) is 2. The number of ether oxygens (including phenoxy) is 1. The van der Waals surface area contributed by atoms with Gasteiger partial charge in [0.1, 0.15) is 0 Å². The molecule has 2 unspecified atom stereocenters. The Labute approximate surface area is 174 Å². The molecule has 0 bridgehead atoms. The molecule has 2 atom stereocenters. The number of carbonyl (C=O) groups is 1. The number of hydrogen-bond acceptors (Lipinski definition) is 4. The van der Waals surface area contributed by atoms with Crippen LogP contribution in [-0.4, -0.2) is 69.2 Å². The first-order valence-electron chi connectivity index (χ1n) is 10.7. The molecule has 2 aliphatic rings. The molecule has 2 heterocycles. The summed E-state index contributed by atoms with van der Waals surface area (Å²) in [6, 6.07) is 8.49. The van der Waals surface area contributed by atoms with Crippen molar-refractivity contribution in [1.82, 2.24) is 15.5 Å². The van der Waals surface area contributed by atoms with Crippen LogP contribution in [0, 0.1) is 5.92 Å². The van der Waals surface area contributed by atoms with Crippen LogP contribution in [0.15, 0.2) is 29.3 Å². The molecule has 160 valence electrons. The highest BCUT2D eigenvalue weighted by Gasteiger charge is 2.25. The number of rotatable bonds is 7. The number of nitrogens with one attached hydrogen (secondary N) is 3. The van der Waals surface area contributed by atoms with E-state index in [1.165, 1.54) is 5.56 Å². The number of para-hydroxylation sites is 1. The number of anilines is 1. The average molecular weight is 402 g/mol. The van der Waals surface area contributed by atoms with Crippen molar-refractivity contribution in [3.8, 4) is 0 Å². The van der Waals surface area contributed by atoms with Crippen molar-refractivity contribution >= 4 is 17.6 Å². The van der Waals surface area contributed by atoms with Gasteiger partial charge in [0.25, 0.3) is 0 Å². The molecule has 7 nitrogen and oxygen atoms in total. The zero-order chi connectivity index (χ0) is 20.6. The molecule has 29 heavy (non-hydrogen) atoms. The Balaban J connectivity index is 1.55. The highest BCUT2D eigenvalue weighted by molar-refractivity contribution is 5.94. The molecule has 0 aromatic heterocycles. The van der Waals surface area contributed by atoms with Crippen molar-refractivity contribution in [3.05, 3.63) is 29.8 Å². The van der Waals surface area contributed by atoms with Gasteiger partial charge in [-0.15, -0.1) is 0 Å². The first-order chi connectivity index (χ1) is 14.1. The third kappa shape index (κ3) is 6.18. The summed E-state index contributed by atoms with van der Waals surface area (Å²) in [6.07, 6.45) is 1.63. The van der Waals surface area contributed by atoms with Crippen molar-refractivity contribution in [2.75, 3.05) is 51.8 Å². The summed E-state index contributed by atoms with van der Waals surface area (Å²) < 4.78 is 5.51. The van der Waals surface area contributed by atoms with E-state index in [2.05, 4.69) is 45.8 Å². The topological polar surface area (TPSA) is 78.0 Å². The quantitative estimate of drug-likeness (QED) is 0.481. The summed E-state index contributed by atoms with van der Waals surface area (Å²) in [5.74, 6) is 1.64. The van der Waals surface area contributed by atoms with Crippen LogP contribution < -0.4 is 16.0 Å². The lowest BCUT2D eigenvalue weighted by molar-refractivity contribution is -0.116. The molecule has 1 aromatic carbocycles. The first kappa shape index (κ1) is 21.6. The number of benzene rings is 1. The van der Waals surface area contributed by atoms with E-state index in [-0.39, 0.29) is 11.8 Å². The summed E-state index contributed by atoms with van der Waals surface area (Å²) in [5.41, 5.74) is 2.10. The molecule has 0 radical (unpaired) electrons. The SMILES string of the molecule is CN=C(NCC1CC(=O)Nc2ccccc21)NCC(CC(C)C)N1CCOCC1. The van der Waals surface area contributed by atoms with Gasteiger partial charge in [0.2, 0.25) is 5.91 Å². The maximum Gasteiger partial charge on any atom is 0.225 e. The van der Waals surface area contributed by atoms with E-state index >= 15 is 0 Å². The minimum absolute atomic E-state index is 0.0720. The normalized spacial score (nSPS) is 21.4. The van der Waals surface area contributed by atoms with Gasteiger partial charge in [-0.05, 0) is 24.0 Å². The number of morpholine rings is 1. The second-order valence-electron chi connectivity index (χ2n) is 8.30. The van der Waals surface area contributed by atoms with E-state index < -0.39 is 0 Å². The molecule has 7 heteroatoms. The lowest BCUT2D eigenvalue weighted by atomic mass is 9.90. The molecule has 3 N–H and O–H groups in total. The molecule has 1 aromatic rings. The number of hydrogen-bond donors (Lipinski definition) is 3. The van der Waals surface area contributed by atoms with Gasteiger partial charge >= 0.3 is 0 Å². The highest BCUT2D eigenvalue weighted by Crippen LogP contribution is 2.31. The van der Waals surface area contributed by atoms with Crippen molar-refractivity contribution < 1.29 is 9.53 Å². The Hall–Kier alpha value is -2.12. The first-order valence-corrected chi connectivity index (χ1v) is 10.7. The van der Waals surface area contributed by atoms with Crippen molar-refractivity contribution in [2.24, 2.45) is 10.9 Å². The maximum atomic E-state index is 12.0. The zero-order valence-corrected chi connectivity index (χ0v) is 17.9. The molecule has 1 fully saturated rings. The zero-order valence-electron chi connectivity index (χ0n) is 17.9. The Bertz CT molecular complexity index is 700. The van der Waals surface area contributed by atoms with Crippen molar-refractivity contribution in [3.63, 3.8) is 0 Å². The van der Waals surface area contributed by atoms with Crippen molar-refractivity contribution in [2.45, 2.75) is 38.6 Å². The third-order valence-electron chi connectivity index (χ3n) is 5.66. The van der Waals surface area contributed by atoms with Crippen LogP contribution in [0.25, 0.3) is 0 Å². The standard InChI is InChI=1S/C22H35N5O2/c1-16(2)12-18(27-8-10-29-11-9-27)15-25-22(23-3)24-14-17-13-21(28)26-20-7-5-4-6-19(17)20/h4-7,16-18H,8-15H2,1-3H3,(H,26,28)(H2,23,24,25). The van der Waals surface area contributed by atoms with Gasteiger partial charge in [-0.25, -0.2) is 0 Å². The number of carbonyl (C=O) groups excluding carboxylic acids is 1. The molecular formula is C22H35N5O2. The summed E-state index contributed by atoms with van der Waals surface area (Å²) in [6.45, 7) is 9.65. The van der Waals surface area contributed by atoms with Crippen LogP contribution >= 0.6 is 0 Å². The molecule has 3 rings (SSSR count). The predicted molar refractivity (Wildman–Crippen MR) is 117 cm³/mol. The number of amides is 1. The predicted octanol–water partition coefficient (Wildman–Crippen LogP) is 2.02. The van der Waals surface area contributed by atoms with Crippen LogP contribution in [0.5, 0.6) is 0 Å². The van der Waals surface area contributed by atoms with Gasteiger partial charge in [0.05, 0.1) is 13.2 Å². The highest BCUT2D eigenvalue weighted by atomic mass is 16.5. The van der Waals surface area contributed by atoms with Gasteiger partial charge in [-0.3, -0.25) is 14.7 Å². The summed E-state index contributed by atoms with van der Waals surface area (Å²) in [7, 11) is 1.79. The Morgan fingerprint density at radius 2 is 2.03 bits per heavy atom. The smallest absolute Gasteiger partial charge is 0.225 e. The molecule has 1 saturated heterocycles. The Morgan fingerprint density at radius 1 is 1.28 bits per heavy atom. The fourth-order valence-electron chi connectivity index (χ4n) is 4.19. The van der Waals surface area contributed by atoms with Crippen molar-refractivity contribution in [1.29, 1.82) is 0 Å². The van der Waals surface area contributed by atoms with Crippen LogP contribution in [0.1, 0.15) is 38.2 Å². The minimum atomic E-state index is 0.0720. The fraction of sp³-hybridized carbons (Fsp3) is 0.636. The van der Waals surface area contributed by atoms with Gasteiger partial charge in [0.15, 0.2) is 5.96 Å². The largest absolute Gasteiger partial charge is 0.379 e. The van der Waals surface area contributed by atoms with E-state index in [1.807, 2.05) is 18.2 Å². The molecule has 0 spiro atoms. The minimum Gasteiger partial charge on any atom is -0.379 e. The maximum absolute atomic E-state index is 12.0. The van der Waals surface area contributed by atoms with E-state index in [1.54, 1.807) is 7.05 Å². The molecule has 0 saturated carbocycles. The van der Waals surface area contributed by atoms with Crippen LogP contribution in [0.4, 0.5) is 5.69 Å². The van der Waals surface area contributed by atoms with E-state index in [0.29, 0.717) is 24.9 Å². The van der Waals surface area contributed by atoms with E-state index in [4.69, 9.17) is 4.74 Å². The summed E-state index contributed by atoms with van der Waals surface area (Å²) in [5, 5.41) is 9.89. The summed E-state index contributed by atoms with van der Waals surface area (Å²) in [4.78, 5) is 19.0. The van der Waals surface area contributed by atoms with Crippen LogP contribution in [0.2, 0.25) is 0 Å². The third-order valence-corrected chi connectivity index (χ3v) is 5.66. The monoisotopic (exact) mass is 401 g/mol. The number of aliphatic imine (C=N–C) groups is 1. The van der Waals surface area contributed by atoms with Gasteiger partial charge < -0.3 is 20.7 Å². The van der Waals surface area contributed by atoms with Gasteiger partial charge in [-0.1, -0.05) is 32.0 Å². The molecule has 1 amide bonds. The fourth-order valence-corrected chi connectivity index (χ4v) is 4.19. The molecular weight excluding hydrogens is 366 g/mol. The lowest BCUT2D eigenvalue weighted by Crippen LogP contribution is -2.51. The van der Waals surface area contributed by atoms with Crippen LogP contribution in [0.3, 0.4) is 0 Å². The lowest BCUT2D eigenvalue weighted by Gasteiger charge is -2.36. The second kappa shape index (κ2) is 10.6. The Morgan fingerprint density at radius 3 is 2.76 bits per heavy atom.